The first-order valence-corrected chi connectivity index (χ1v) is 12.2. The van der Waals surface area contributed by atoms with Crippen LogP contribution in [-0.4, -0.2) is 91.8 Å². The van der Waals surface area contributed by atoms with Crippen molar-refractivity contribution in [3.05, 3.63) is 41.1 Å². The highest BCUT2D eigenvalue weighted by molar-refractivity contribution is 5.95. The van der Waals surface area contributed by atoms with Crippen molar-refractivity contribution in [3.63, 3.8) is 0 Å². The third-order valence-corrected chi connectivity index (χ3v) is 6.12. The zero-order valence-electron chi connectivity index (χ0n) is 21.3. The highest BCUT2D eigenvalue weighted by Gasteiger charge is 2.38. The molecule has 2 N–H and O–H groups in total. The van der Waals surface area contributed by atoms with Gasteiger partial charge in [-0.05, 0) is 45.4 Å². The molecule has 2 aliphatic rings. The van der Waals surface area contributed by atoms with E-state index in [1.807, 2.05) is 45.0 Å². The van der Waals surface area contributed by atoms with Gasteiger partial charge in [-0.25, -0.2) is 14.4 Å². The summed E-state index contributed by atoms with van der Waals surface area (Å²) in [6.45, 7) is 10.9. The van der Waals surface area contributed by atoms with E-state index in [9.17, 15) is 14.4 Å². The zero-order chi connectivity index (χ0) is 25.5. The zero-order valence-corrected chi connectivity index (χ0v) is 21.3. The lowest BCUT2D eigenvalue weighted by molar-refractivity contribution is -0.139. The summed E-state index contributed by atoms with van der Waals surface area (Å²) in [6, 6.07) is 6.40. The quantitative estimate of drug-likeness (QED) is 0.546. The third kappa shape index (κ3) is 6.25. The molecular formula is C25H37N5O5. The molecule has 10 heteroatoms. The van der Waals surface area contributed by atoms with E-state index in [1.54, 1.807) is 23.8 Å². The van der Waals surface area contributed by atoms with Crippen LogP contribution < -0.4 is 15.4 Å². The molecular weight excluding hydrogens is 450 g/mol. The molecule has 0 bridgehead atoms. The summed E-state index contributed by atoms with van der Waals surface area (Å²) < 4.78 is 10.8. The van der Waals surface area contributed by atoms with E-state index in [4.69, 9.17) is 9.47 Å². The number of benzene rings is 1. The maximum atomic E-state index is 13.2. The summed E-state index contributed by atoms with van der Waals surface area (Å²) in [5.74, 6) is 0.180. The highest BCUT2D eigenvalue weighted by Crippen LogP contribution is 2.33. The molecule has 1 aromatic carbocycles. The Morgan fingerprint density at radius 1 is 1.17 bits per heavy atom. The number of amides is 4. The smallest absolute Gasteiger partial charge is 0.338 e. The minimum absolute atomic E-state index is 0.0728. The number of piperazine rings is 1. The van der Waals surface area contributed by atoms with Gasteiger partial charge in [-0.15, -0.1) is 0 Å². The molecule has 2 heterocycles. The average Bonchev–Trinajstić information content (AvgIpc) is 2.84. The van der Waals surface area contributed by atoms with E-state index in [1.165, 1.54) is 0 Å². The van der Waals surface area contributed by atoms with Gasteiger partial charge in [-0.1, -0.05) is 12.1 Å². The van der Waals surface area contributed by atoms with Gasteiger partial charge in [0.15, 0.2) is 0 Å². The number of esters is 1. The summed E-state index contributed by atoms with van der Waals surface area (Å²) in [5.41, 5.74) is 1.79. The number of methoxy groups -OCH3 is 1. The van der Waals surface area contributed by atoms with Crippen molar-refractivity contribution in [2.24, 2.45) is 0 Å². The van der Waals surface area contributed by atoms with Crippen molar-refractivity contribution in [1.82, 2.24) is 25.3 Å². The predicted octanol–water partition coefficient (Wildman–Crippen LogP) is 2.33. The second kappa shape index (κ2) is 11.9. The molecule has 35 heavy (non-hydrogen) atoms. The molecule has 0 aromatic heterocycles. The molecule has 1 aromatic rings. The summed E-state index contributed by atoms with van der Waals surface area (Å²) in [5, 5.41) is 5.90. The van der Waals surface area contributed by atoms with Crippen molar-refractivity contribution in [2.45, 2.75) is 39.8 Å². The van der Waals surface area contributed by atoms with E-state index in [-0.39, 0.29) is 24.7 Å². The fourth-order valence-electron chi connectivity index (χ4n) is 4.39. The first kappa shape index (κ1) is 26.3. The second-order valence-corrected chi connectivity index (χ2v) is 8.85. The molecule has 1 unspecified atom stereocenters. The fraction of sp³-hybridized carbons (Fsp3) is 0.560. The normalized spacial score (nSPS) is 19.0. The average molecular weight is 488 g/mol. The van der Waals surface area contributed by atoms with Crippen LogP contribution in [0.25, 0.3) is 0 Å². The van der Waals surface area contributed by atoms with Crippen LogP contribution in [0.2, 0.25) is 0 Å². The molecule has 4 amide bonds. The van der Waals surface area contributed by atoms with Gasteiger partial charge in [0, 0.05) is 51.0 Å². The van der Waals surface area contributed by atoms with Gasteiger partial charge >= 0.3 is 18.0 Å². The van der Waals surface area contributed by atoms with Crippen molar-refractivity contribution in [3.8, 4) is 5.75 Å². The first-order chi connectivity index (χ1) is 16.8. The Labute approximate surface area is 207 Å². The topological polar surface area (TPSA) is 103 Å². The molecule has 2 aliphatic heterocycles. The van der Waals surface area contributed by atoms with Gasteiger partial charge < -0.3 is 25.0 Å². The summed E-state index contributed by atoms with van der Waals surface area (Å²) in [4.78, 5) is 44.3. The first-order valence-electron chi connectivity index (χ1n) is 12.2. The highest BCUT2D eigenvalue weighted by atomic mass is 16.5. The molecule has 0 radical (unpaired) electrons. The molecule has 0 spiro atoms. The maximum Gasteiger partial charge on any atom is 0.338 e. The van der Waals surface area contributed by atoms with Gasteiger partial charge in [0.2, 0.25) is 0 Å². The summed E-state index contributed by atoms with van der Waals surface area (Å²) in [7, 11) is 1.58. The number of nitrogens with zero attached hydrogens (tertiary/aromatic N) is 3. The fourth-order valence-corrected chi connectivity index (χ4v) is 4.39. The van der Waals surface area contributed by atoms with Crippen LogP contribution in [-0.2, 0) is 9.53 Å². The standard InChI is InChI=1S/C25H37N5O5/c1-6-30-20(16-28-11-13-29(14-12-28)24(32)26-17(3)4)21(23(31)35-7-2)22(27-25(30)33)18-9-8-10-19(15-18)34-5/h8-10,15,17,22H,6-7,11-14,16H2,1-5H3,(H,26,32)(H,27,33). The van der Waals surface area contributed by atoms with E-state index < -0.39 is 12.0 Å². The van der Waals surface area contributed by atoms with Crippen LogP contribution in [0.15, 0.2) is 35.5 Å². The lowest BCUT2D eigenvalue weighted by atomic mass is 9.94. The Kier molecular flexibility index (Phi) is 8.97. The predicted molar refractivity (Wildman–Crippen MR) is 132 cm³/mol. The SMILES string of the molecule is CCOC(=O)C1=C(CN2CCN(C(=O)NC(C)C)CC2)N(CC)C(=O)NC1c1cccc(OC)c1. The summed E-state index contributed by atoms with van der Waals surface area (Å²) in [6.07, 6.45) is 0. The molecule has 1 fully saturated rings. The Balaban J connectivity index is 1.92. The molecule has 0 saturated carbocycles. The summed E-state index contributed by atoms with van der Waals surface area (Å²) >= 11 is 0. The van der Waals surface area contributed by atoms with Gasteiger partial charge in [0.25, 0.3) is 0 Å². The van der Waals surface area contributed by atoms with Crippen molar-refractivity contribution >= 4 is 18.0 Å². The van der Waals surface area contributed by atoms with E-state index in [2.05, 4.69) is 15.5 Å². The molecule has 0 aliphatic carbocycles. The number of likely N-dealkylation sites (N-methyl/N-ethyl adjacent to an activating group) is 1. The lowest BCUT2D eigenvalue weighted by Crippen LogP contribution is -2.55. The number of nitrogens with one attached hydrogen (secondary N) is 2. The third-order valence-electron chi connectivity index (χ3n) is 6.12. The van der Waals surface area contributed by atoms with Crippen molar-refractivity contribution in [1.29, 1.82) is 0 Å². The van der Waals surface area contributed by atoms with E-state index >= 15 is 0 Å². The Morgan fingerprint density at radius 2 is 1.89 bits per heavy atom. The number of carbonyl (C=O) groups is 3. The molecule has 1 atom stereocenters. The largest absolute Gasteiger partial charge is 0.497 e. The van der Waals surface area contributed by atoms with Crippen LogP contribution in [0.1, 0.15) is 39.3 Å². The Hall–Kier alpha value is -3.27. The van der Waals surface area contributed by atoms with Crippen LogP contribution in [0, 0.1) is 0 Å². The lowest BCUT2D eigenvalue weighted by Gasteiger charge is -2.40. The van der Waals surface area contributed by atoms with Gasteiger partial charge in [-0.2, -0.15) is 0 Å². The van der Waals surface area contributed by atoms with Crippen molar-refractivity contribution < 1.29 is 23.9 Å². The number of urea groups is 2. The van der Waals surface area contributed by atoms with E-state index in [0.717, 1.165) is 5.56 Å². The molecule has 10 nitrogen and oxygen atoms in total. The monoisotopic (exact) mass is 487 g/mol. The second-order valence-electron chi connectivity index (χ2n) is 8.85. The minimum Gasteiger partial charge on any atom is -0.497 e. The number of rotatable bonds is 8. The number of hydrogen-bond acceptors (Lipinski definition) is 6. The number of ether oxygens (including phenoxy) is 2. The minimum atomic E-state index is -0.660. The van der Waals surface area contributed by atoms with Crippen LogP contribution >= 0.6 is 0 Å². The molecule has 1 saturated heterocycles. The van der Waals surface area contributed by atoms with Crippen LogP contribution in [0.3, 0.4) is 0 Å². The van der Waals surface area contributed by atoms with Gasteiger partial charge in [0.05, 0.1) is 25.3 Å². The van der Waals surface area contributed by atoms with Crippen LogP contribution in [0.4, 0.5) is 9.59 Å². The van der Waals surface area contributed by atoms with Crippen LogP contribution in [0.5, 0.6) is 5.75 Å². The van der Waals surface area contributed by atoms with E-state index in [0.29, 0.717) is 56.3 Å². The molecule has 192 valence electrons. The van der Waals surface area contributed by atoms with Crippen molar-refractivity contribution in [2.75, 3.05) is 53.0 Å². The number of carbonyl (C=O) groups excluding carboxylic acids is 3. The number of hydrogen-bond donors (Lipinski definition) is 2. The van der Waals surface area contributed by atoms with Gasteiger partial charge in [-0.3, -0.25) is 9.80 Å². The molecule has 3 rings (SSSR count). The maximum absolute atomic E-state index is 13.2. The Morgan fingerprint density at radius 3 is 2.49 bits per heavy atom. The Bertz CT molecular complexity index is 955. The van der Waals surface area contributed by atoms with Gasteiger partial charge in [0.1, 0.15) is 5.75 Å².